The minimum atomic E-state index is -0.765. The van der Waals surface area contributed by atoms with Crippen molar-refractivity contribution in [1.82, 2.24) is 0 Å². The largest absolute Gasteiger partial charge is 0.462 e. The van der Waals surface area contributed by atoms with Crippen molar-refractivity contribution in [3.63, 3.8) is 0 Å². The van der Waals surface area contributed by atoms with Crippen molar-refractivity contribution in [1.29, 1.82) is 0 Å². The van der Waals surface area contributed by atoms with Gasteiger partial charge in [-0.3, -0.25) is 14.4 Å². The fraction of sp³-hybridized carbons (Fsp3) is 0.958. The summed E-state index contributed by atoms with van der Waals surface area (Å²) in [5, 5.41) is 0. The van der Waals surface area contributed by atoms with E-state index in [2.05, 4.69) is 41.5 Å². The molecule has 0 aliphatic rings. The molecule has 0 radical (unpaired) electrons. The molecule has 0 bridgehead atoms. The zero-order chi connectivity index (χ0) is 56.9. The number of ether oxygens (including phenoxy) is 3. The Hall–Kier alpha value is -1.59. The molecular weight excluding hydrogens is 961 g/mol. The summed E-state index contributed by atoms with van der Waals surface area (Å²) in [7, 11) is 0. The first-order chi connectivity index (χ1) is 38.2. The van der Waals surface area contributed by atoms with Gasteiger partial charge in [0.2, 0.25) is 0 Å². The van der Waals surface area contributed by atoms with Crippen molar-refractivity contribution in [3.05, 3.63) is 0 Å². The van der Waals surface area contributed by atoms with Crippen molar-refractivity contribution in [3.8, 4) is 0 Å². The van der Waals surface area contributed by atoms with Gasteiger partial charge < -0.3 is 14.2 Å². The number of hydrogen-bond donors (Lipinski definition) is 0. The second-order valence-corrected chi connectivity index (χ2v) is 25.8. The van der Waals surface area contributed by atoms with Gasteiger partial charge in [0, 0.05) is 19.3 Å². The molecule has 2 unspecified atom stereocenters. The number of esters is 3. The first kappa shape index (κ1) is 76.4. The predicted molar refractivity (Wildman–Crippen MR) is 339 cm³/mol. The lowest BCUT2D eigenvalue weighted by atomic mass is 9.99. The van der Waals surface area contributed by atoms with Crippen LogP contribution >= 0.6 is 0 Å². The minimum Gasteiger partial charge on any atom is -0.462 e. The zero-order valence-corrected chi connectivity index (χ0v) is 54.0. The highest BCUT2D eigenvalue weighted by atomic mass is 16.6. The summed E-state index contributed by atoms with van der Waals surface area (Å²) in [4.78, 5) is 38.5. The Balaban J connectivity index is 4.27. The Morgan fingerprint density at radius 3 is 0.667 bits per heavy atom. The van der Waals surface area contributed by atoms with Gasteiger partial charge in [0.15, 0.2) is 6.10 Å². The monoisotopic (exact) mass is 1100 g/mol. The molecular formula is C72H140O6. The van der Waals surface area contributed by atoms with E-state index < -0.39 is 6.10 Å². The van der Waals surface area contributed by atoms with E-state index in [1.807, 2.05) is 0 Å². The van der Waals surface area contributed by atoms with Gasteiger partial charge in [0.25, 0.3) is 0 Å². The van der Waals surface area contributed by atoms with E-state index in [-0.39, 0.29) is 31.1 Å². The van der Waals surface area contributed by atoms with Crippen LogP contribution in [0.3, 0.4) is 0 Å². The average molecular weight is 1100 g/mol. The molecule has 0 saturated carbocycles. The third-order valence-corrected chi connectivity index (χ3v) is 17.4. The molecule has 0 N–H and O–H groups in total. The molecule has 3 atom stereocenters. The van der Waals surface area contributed by atoms with Crippen LogP contribution in [0.2, 0.25) is 0 Å². The highest BCUT2D eigenvalue weighted by Crippen LogP contribution is 2.21. The summed E-state index contributed by atoms with van der Waals surface area (Å²) < 4.78 is 17.0. The van der Waals surface area contributed by atoms with Crippen LogP contribution in [-0.4, -0.2) is 37.2 Å². The van der Waals surface area contributed by atoms with Crippen LogP contribution in [0.4, 0.5) is 0 Å². The van der Waals surface area contributed by atoms with Crippen LogP contribution in [0.25, 0.3) is 0 Å². The molecule has 0 spiro atoms. The Kier molecular flexibility index (Phi) is 61.7. The Morgan fingerprint density at radius 1 is 0.256 bits per heavy atom. The van der Waals surface area contributed by atoms with Crippen LogP contribution < -0.4 is 0 Å². The van der Waals surface area contributed by atoms with Gasteiger partial charge in [-0.1, -0.05) is 369 Å². The smallest absolute Gasteiger partial charge is 0.306 e. The normalized spacial score (nSPS) is 12.8. The zero-order valence-electron chi connectivity index (χ0n) is 54.0. The maximum Gasteiger partial charge on any atom is 0.306 e. The summed E-state index contributed by atoms with van der Waals surface area (Å²) in [5.41, 5.74) is 0. The molecule has 0 aromatic heterocycles. The predicted octanol–water partition coefficient (Wildman–Crippen LogP) is 24.2. The van der Waals surface area contributed by atoms with Gasteiger partial charge in [-0.25, -0.2) is 0 Å². The quantitative estimate of drug-likeness (QED) is 0.0343. The van der Waals surface area contributed by atoms with Gasteiger partial charge in [-0.2, -0.15) is 0 Å². The van der Waals surface area contributed by atoms with Crippen molar-refractivity contribution in [2.45, 2.75) is 414 Å². The Bertz CT molecular complexity index is 1220. The van der Waals surface area contributed by atoms with E-state index in [1.165, 1.54) is 289 Å². The third kappa shape index (κ3) is 62.0. The van der Waals surface area contributed by atoms with Gasteiger partial charge in [0.1, 0.15) is 13.2 Å². The highest BCUT2D eigenvalue weighted by Gasteiger charge is 2.20. The highest BCUT2D eigenvalue weighted by molar-refractivity contribution is 5.71. The van der Waals surface area contributed by atoms with E-state index >= 15 is 0 Å². The molecule has 0 saturated heterocycles. The third-order valence-electron chi connectivity index (χ3n) is 17.4. The number of hydrogen-bond acceptors (Lipinski definition) is 6. The fourth-order valence-corrected chi connectivity index (χ4v) is 11.2. The van der Waals surface area contributed by atoms with E-state index in [0.717, 1.165) is 75.5 Å². The molecule has 0 fully saturated rings. The van der Waals surface area contributed by atoms with E-state index in [1.54, 1.807) is 0 Å². The van der Waals surface area contributed by atoms with Crippen LogP contribution in [-0.2, 0) is 28.6 Å². The lowest BCUT2D eigenvalue weighted by molar-refractivity contribution is -0.167. The van der Waals surface area contributed by atoms with Gasteiger partial charge in [0.05, 0.1) is 0 Å². The van der Waals surface area contributed by atoms with Gasteiger partial charge in [-0.15, -0.1) is 0 Å². The fourth-order valence-electron chi connectivity index (χ4n) is 11.2. The first-order valence-corrected chi connectivity index (χ1v) is 35.7. The molecule has 0 aromatic carbocycles. The van der Waals surface area contributed by atoms with Gasteiger partial charge in [-0.05, 0) is 37.0 Å². The molecule has 0 aliphatic heterocycles. The summed E-state index contributed by atoms with van der Waals surface area (Å²) in [6.45, 7) is 13.9. The molecule has 78 heavy (non-hydrogen) atoms. The van der Waals surface area contributed by atoms with Crippen molar-refractivity contribution < 1.29 is 28.6 Å². The molecule has 6 nitrogen and oxygen atoms in total. The molecule has 0 amide bonds. The topological polar surface area (TPSA) is 78.9 Å². The molecule has 0 aliphatic carbocycles. The molecule has 0 heterocycles. The summed E-state index contributed by atoms with van der Waals surface area (Å²) in [5.74, 6) is 1.83. The molecule has 6 heteroatoms. The van der Waals surface area contributed by atoms with Crippen LogP contribution in [0, 0.1) is 17.8 Å². The Labute approximate surface area is 488 Å². The maximum absolute atomic E-state index is 13.0. The van der Waals surface area contributed by atoms with Crippen LogP contribution in [0.5, 0.6) is 0 Å². The van der Waals surface area contributed by atoms with Gasteiger partial charge >= 0.3 is 17.9 Å². The Morgan fingerprint density at radius 2 is 0.449 bits per heavy atom. The summed E-state index contributed by atoms with van der Waals surface area (Å²) in [6, 6.07) is 0. The first-order valence-electron chi connectivity index (χ1n) is 35.7. The maximum atomic E-state index is 13.0. The second-order valence-electron chi connectivity index (χ2n) is 25.8. The van der Waals surface area contributed by atoms with Crippen molar-refractivity contribution >= 4 is 17.9 Å². The van der Waals surface area contributed by atoms with E-state index in [4.69, 9.17) is 14.2 Å². The van der Waals surface area contributed by atoms with Crippen LogP contribution in [0.15, 0.2) is 0 Å². The lowest BCUT2D eigenvalue weighted by Gasteiger charge is -2.18. The molecule has 0 aromatic rings. The standard InChI is InChI=1S/C72H140O6/c1-7-67(5)59-53-47-41-35-29-23-17-13-9-11-15-19-25-31-37-43-49-55-61-70(73)76-64-69(65-77-71(74)62-56-50-44-38-32-27-21-22-28-34-40-46-52-58-66(3)4)78-72(75)63-57-51-45-39-33-26-20-16-12-10-14-18-24-30-36-42-48-54-60-68(6)8-2/h66-69H,7-65H2,1-6H3/t67?,68?,69-/m1/s1. The van der Waals surface area contributed by atoms with Crippen molar-refractivity contribution in [2.75, 3.05) is 13.2 Å². The molecule has 464 valence electrons. The summed E-state index contributed by atoms with van der Waals surface area (Å²) in [6.07, 6.45) is 71.1. The average Bonchev–Trinajstić information content (AvgIpc) is 3.43. The summed E-state index contributed by atoms with van der Waals surface area (Å²) >= 11 is 0. The number of carbonyl (C=O) groups is 3. The van der Waals surface area contributed by atoms with E-state index in [0.29, 0.717) is 19.3 Å². The number of rotatable bonds is 65. The number of carbonyl (C=O) groups excluding carboxylic acids is 3. The number of unbranched alkanes of at least 4 members (excludes halogenated alkanes) is 46. The second kappa shape index (κ2) is 63.0. The molecule has 0 rings (SSSR count). The SMILES string of the molecule is CCC(C)CCCCCCCCCCCCCCCCCCCCC(=O)OC[C@H](COC(=O)CCCCCCCCCCCCCCCC(C)C)OC(=O)CCCCCCCCCCCCCCCCCCCCC(C)CC. The minimum absolute atomic E-state index is 0.0618. The van der Waals surface area contributed by atoms with E-state index in [9.17, 15) is 14.4 Å². The van der Waals surface area contributed by atoms with Crippen molar-refractivity contribution in [2.24, 2.45) is 17.8 Å². The van der Waals surface area contributed by atoms with Crippen LogP contribution in [0.1, 0.15) is 408 Å². The lowest BCUT2D eigenvalue weighted by Crippen LogP contribution is -2.30.